The van der Waals surface area contributed by atoms with Crippen LogP contribution in [0.25, 0.3) is 0 Å². The third kappa shape index (κ3) is 9.34. The fraction of sp³-hybridized carbons (Fsp3) is 0.390. The Morgan fingerprint density at radius 2 is 1.50 bits per heavy atom. The Kier molecular flexibility index (Phi) is 12.2. The number of pyridine rings is 1. The second-order valence-electron chi connectivity index (χ2n) is 14.1. The van der Waals surface area contributed by atoms with Gasteiger partial charge < -0.3 is 25.5 Å². The van der Waals surface area contributed by atoms with Gasteiger partial charge in [-0.15, -0.1) is 0 Å². The van der Waals surface area contributed by atoms with Crippen LogP contribution in [0.3, 0.4) is 0 Å². The average molecular weight is 730 g/mol. The quantitative estimate of drug-likeness (QED) is 0.153. The molecule has 2 saturated heterocycles. The Balaban J connectivity index is 1.10. The highest BCUT2D eigenvalue weighted by molar-refractivity contribution is 6.30. The number of carbonyl (C=O) groups is 2. The molecule has 2 aliphatic rings. The number of nitrogens with zero attached hydrogens (tertiary/aromatic N) is 3. The summed E-state index contributed by atoms with van der Waals surface area (Å²) in [7, 11) is 0. The number of rotatable bonds is 12. The molecule has 1 aromatic heterocycles. The summed E-state index contributed by atoms with van der Waals surface area (Å²) in [5.74, 6) is -0.690. The molecule has 0 bridgehead atoms. The van der Waals surface area contributed by atoms with Crippen molar-refractivity contribution in [3.63, 3.8) is 0 Å². The largest absolute Gasteiger partial charge is 0.385 e. The van der Waals surface area contributed by atoms with Gasteiger partial charge in [0.15, 0.2) is 0 Å². The lowest BCUT2D eigenvalue weighted by Crippen LogP contribution is -2.51. The zero-order valence-corrected chi connectivity index (χ0v) is 30.0. The van der Waals surface area contributed by atoms with Gasteiger partial charge in [0.25, 0.3) is 0 Å². The normalized spacial score (nSPS) is 16.7. The van der Waals surface area contributed by atoms with Crippen LogP contribution in [0.4, 0.5) is 13.6 Å². The van der Waals surface area contributed by atoms with E-state index in [-0.39, 0.29) is 36.2 Å². The van der Waals surface area contributed by atoms with E-state index in [1.807, 2.05) is 29.2 Å². The molecule has 2 aliphatic heterocycles. The van der Waals surface area contributed by atoms with Gasteiger partial charge in [-0.25, -0.2) is 13.6 Å². The van der Waals surface area contributed by atoms with Gasteiger partial charge in [-0.1, -0.05) is 54.1 Å². The number of piperidine rings is 2. The van der Waals surface area contributed by atoms with Gasteiger partial charge in [-0.3, -0.25) is 9.78 Å². The fourth-order valence-corrected chi connectivity index (χ4v) is 7.74. The van der Waals surface area contributed by atoms with Crippen LogP contribution in [-0.4, -0.2) is 77.1 Å². The molecule has 0 radical (unpaired) electrons. The van der Waals surface area contributed by atoms with Crippen molar-refractivity contribution < 1.29 is 23.5 Å². The molecule has 3 heterocycles. The van der Waals surface area contributed by atoms with Crippen molar-refractivity contribution >= 4 is 23.5 Å². The first-order valence-corrected chi connectivity index (χ1v) is 18.4. The standard InChI is InChI=1S/C41H46ClF2N5O3/c42-34-10-4-33(5-11-34)41(52)19-25-48(26-20-41)22-2-18-40(31-6-12-35(43)13-7-31,32-8-14-36(44)15-9-32)29-46-39(51)47-37-16-23-49(24-17-37)38(50)27-30-3-1-21-45-28-30/h1,3-15,21,28,37,52H,2,16-20,22-27,29H2,(H2,46,47,51). The Hall–Kier alpha value is -4.38. The highest BCUT2D eigenvalue weighted by atomic mass is 35.5. The van der Waals surface area contributed by atoms with Crippen LogP contribution in [-0.2, 0) is 22.2 Å². The summed E-state index contributed by atoms with van der Waals surface area (Å²) in [4.78, 5) is 34.5. The Bertz CT molecular complexity index is 1720. The van der Waals surface area contributed by atoms with Crippen LogP contribution in [0.5, 0.6) is 0 Å². The van der Waals surface area contributed by atoms with Crippen molar-refractivity contribution in [3.8, 4) is 0 Å². The number of halogens is 3. The molecular weight excluding hydrogens is 684 g/mol. The predicted molar refractivity (Wildman–Crippen MR) is 198 cm³/mol. The van der Waals surface area contributed by atoms with Gasteiger partial charge in [-0.05, 0) is 110 Å². The van der Waals surface area contributed by atoms with E-state index in [1.165, 1.54) is 24.3 Å². The fourth-order valence-electron chi connectivity index (χ4n) is 7.62. The van der Waals surface area contributed by atoms with E-state index in [0.29, 0.717) is 69.7 Å². The molecular formula is C41H46ClF2N5O3. The van der Waals surface area contributed by atoms with E-state index >= 15 is 0 Å². The summed E-state index contributed by atoms with van der Waals surface area (Å²) in [5, 5.41) is 18.2. The maximum Gasteiger partial charge on any atom is 0.315 e. The van der Waals surface area contributed by atoms with Gasteiger partial charge in [0.05, 0.1) is 12.0 Å². The third-order valence-electron chi connectivity index (χ3n) is 10.7. The van der Waals surface area contributed by atoms with Crippen molar-refractivity contribution in [1.82, 2.24) is 25.4 Å². The van der Waals surface area contributed by atoms with Crippen molar-refractivity contribution in [2.24, 2.45) is 0 Å². The molecule has 274 valence electrons. The number of aromatic nitrogens is 1. The van der Waals surface area contributed by atoms with Gasteiger partial charge >= 0.3 is 6.03 Å². The number of benzene rings is 3. The molecule has 4 aromatic rings. The van der Waals surface area contributed by atoms with Crippen molar-refractivity contribution in [2.45, 2.75) is 62.0 Å². The second-order valence-corrected chi connectivity index (χ2v) is 14.5. The van der Waals surface area contributed by atoms with E-state index in [4.69, 9.17) is 11.6 Å². The van der Waals surface area contributed by atoms with Crippen LogP contribution < -0.4 is 10.6 Å². The lowest BCUT2D eigenvalue weighted by Gasteiger charge is -2.40. The second kappa shape index (κ2) is 17.0. The number of aliphatic hydroxyl groups is 1. The van der Waals surface area contributed by atoms with Crippen LogP contribution in [0, 0.1) is 11.6 Å². The van der Waals surface area contributed by atoms with Gasteiger partial charge in [0, 0.05) is 61.6 Å². The van der Waals surface area contributed by atoms with Crippen molar-refractivity contribution in [1.29, 1.82) is 0 Å². The number of urea groups is 1. The maximum absolute atomic E-state index is 14.2. The first-order valence-electron chi connectivity index (χ1n) is 18.1. The number of hydrogen-bond donors (Lipinski definition) is 3. The van der Waals surface area contributed by atoms with Crippen LogP contribution >= 0.6 is 11.6 Å². The molecule has 3 aromatic carbocycles. The van der Waals surface area contributed by atoms with Gasteiger partial charge in [0.2, 0.25) is 5.91 Å². The summed E-state index contributed by atoms with van der Waals surface area (Å²) in [6, 6.07) is 23.3. The third-order valence-corrected chi connectivity index (χ3v) is 11.0. The van der Waals surface area contributed by atoms with Crippen LogP contribution in [0.1, 0.15) is 60.8 Å². The molecule has 0 unspecified atom stereocenters. The molecule has 2 fully saturated rings. The summed E-state index contributed by atoms with van der Waals surface area (Å²) in [6.45, 7) is 3.49. The van der Waals surface area contributed by atoms with Crippen molar-refractivity contribution in [2.75, 3.05) is 39.3 Å². The van der Waals surface area contributed by atoms with E-state index in [1.54, 1.807) is 48.8 Å². The smallest absolute Gasteiger partial charge is 0.315 e. The topological polar surface area (TPSA) is 97.8 Å². The summed E-state index contributed by atoms with van der Waals surface area (Å²) in [6.07, 6.45) is 7.47. The Labute approximate surface area is 309 Å². The monoisotopic (exact) mass is 729 g/mol. The lowest BCUT2D eigenvalue weighted by molar-refractivity contribution is -0.131. The highest BCUT2D eigenvalue weighted by Gasteiger charge is 2.37. The van der Waals surface area contributed by atoms with Crippen LogP contribution in [0.2, 0.25) is 5.02 Å². The average Bonchev–Trinajstić information content (AvgIpc) is 3.15. The number of likely N-dealkylation sites (tertiary alicyclic amines) is 2. The van der Waals surface area contributed by atoms with E-state index in [0.717, 1.165) is 35.2 Å². The lowest BCUT2D eigenvalue weighted by atomic mass is 9.71. The molecule has 3 N–H and O–H groups in total. The first-order chi connectivity index (χ1) is 25.1. The maximum atomic E-state index is 14.2. The molecule has 0 saturated carbocycles. The minimum atomic E-state index is -0.906. The zero-order valence-electron chi connectivity index (χ0n) is 29.2. The molecule has 52 heavy (non-hydrogen) atoms. The molecule has 8 nitrogen and oxygen atoms in total. The van der Waals surface area contributed by atoms with E-state index in [9.17, 15) is 23.5 Å². The van der Waals surface area contributed by atoms with Crippen LogP contribution in [0.15, 0.2) is 97.3 Å². The number of nitrogens with one attached hydrogen (secondary N) is 2. The highest BCUT2D eigenvalue weighted by Crippen LogP contribution is 2.38. The minimum Gasteiger partial charge on any atom is -0.385 e. The number of carbonyl (C=O) groups excluding carboxylic acids is 2. The SMILES string of the molecule is O=C(NCC(CCCN1CCC(O)(c2ccc(Cl)cc2)CC1)(c1ccc(F)cc1)c1ccc(F)cc1)NC1CCN(C(=O)Cc2cccnc2)CC1. The zero-order chi connectivity index (χ0) is 36.6. The molecule has 3 amide bonds. The Morgan fingerprint density at radius 1 is 0.885 bits per heavy atom. The predicted octanol–water partition coefficient (Wildman–Crippen LogP) is 6.60. The number of hydrogen-bond acceptors (Lipinski definition) is 5. The first kappa shape index (κ1) is 37.4. The molecule has 6 rings (SSSR count). The Morgan fingerprint density at radius 3 is 2.08 bits per heavy atom. The van der Waals surface area contributed by atoms with Gasteiger partial charge in [0.1, 0.15) is 11.6 Å². The molecule has 0 atom stereocenters. The number of amides is 3. The summed E-state index contributed by atoms with van der Waals surface area (Å²) < 4.78 is 28.4. The molecule has 0 aliphatic carbocycles. The summed E-state index contributed by atoms with van der Waals surface area (Å²) in [5.41, 5.74) is 1.69. The summed E-state index contributed by atoms with van der Waals surface area (Å²) >= 11 is 6.07. The van der Waals surface area contributed by atoms with Crippen molar-refractivity contribution in [3.05, 3.63) is 136 Å². The molecule has 11 heteroatoms. The molecule has 0 spiro atoms. The van der Waals surface area contributed by atoms with E-state index in [2.05, 4.69) is 20.5 Å². The van der Waals surface area contributed by atoms with E-state index < -0.39 is 11.0 Å². The minimum absolute atomic E-state index is 0.0427. The van der Waals surface area contributed by atoms with Gasteiger partial charge in [-0.2, -0.15) is 0 Å².